The van der Waals surface area contributed by atoms with Gasteiger partial charge in [-0.05, 0) is 18.3 Å². The van der Waals surface area contributed by atoms with E-state index in [1.54, 1.807) is 0 Å². The van der Waals surface area contributed by atoms with Crippen LogP contribution in [0.4, 0.5) is 0 Å². The number of alkyl halides is 1. The van der Waals surface area contributed by atoms with Gasteiger partial charge in [-0.15, -0.1) is 11.6 Å². The second-order valence-corrected chi connectivity index (χ2v) is 3.59. The van der Waals surface area contributed by atoms with Crippen molar-refractivity contribution in [2.75, 3.05) is 5.88 Å². The minimum Gasteiger partial charge on any atom is -0.126 e. The fraction of sp³-hybridized carbons (Fsp3) is 1.00. The van der Waals surface area contributed by atoms with Crippen LogP contribution in [-0.4, -0.2) is 5.88 Å². The van der Waals surface area contributed by atoms with Gasteiger partial charge in [0.15, 0.2) is 0 Å². The zero-order valence-corrected chi connectivity index (χ0v) is 8.82. The summed E-state index contributed by atoms with van der Waals surface area (Å²) < 4.78 is 0. The Morgan fingerprint density at radius 2 is 1.55 bits per heavy atom. The molecule has 0 N–H and O–H groups in total. The Hall–Kier alpha value is 0.290. The molecule has 1 atom stereocenters. The van der Waals surface area contributed by atoms with E-state index in [-0.39, 0.29) is 0 Å². The van der Waals surface area contributed by atoms with Crippen molar-refractivity contribution in [2.24, 2.45) is 11.8 Å². The van der Waals surface area contributed by atoms with Gasteiger partial charge in [0.1, 0.15) is 0 Å². The highest BCUT2D eigenvalue weighted by atomic mass is 35.5. The SMILES string of the molecule is CCCC(CCl)C(CC)CC. The maximum absolute atomic E-state index is 5.90. The van der Waals surface area contributed by atoms with E-state index in [4.69, 9.17) is 11.6 Å². The molecule has 0 fully saturated rings. The van der Waals surface area contributed by atoms with E-state index in [0.29, 0.717) is 0 Å². The summed E-state index contributed by atoms with van der Waals surface area (Å²) in [5.41, 5.74) is 0. The predicted octanol–water partition coefficient (Wildman–Crippen LogP) is 4.08. The smallest absolute Gasteiger partial charge is 0.0254 e. The van der Waals surface area contributed by atoms with Crippen molar-refractivity contribution in [2.45, 2.75) is 46.5 Å². The first-order chi connectivity index (χ1) is 5.29. The standard InChI is InChI=1S/C10H21Cl/c1-4-7-10(8-11)9(5-2)6-3/h9-10H,4-8H2,1-3H3. The van der Waals surface area contributed by atoms with Gasteiger partial charge in [-0.2, -0.15) is 0 Å². The first-order valence-corrected chi connectivity index (χ1v) is 5.39. The van der Waals surface area contributed by atoms with E-state index in [0.717, 1.165) is 17.7 Å². The lowest BCUT2D eigenvalue weighted by Crippen LogP contribution is -2.14. The molecule has 68 valence electrons. The summed E-state index contributed by atoms with van der Waals surface area (Å²) in [5, 5.41) is 0. The maximum atomic E-state index is 5.90. The summed E-state index contributed by atoms with van der Waals surface area (Å²) >= 11 is 5.90. The van der Waals surface area contributed by atoms with Crippen LogP contribution >= 0.6 is 11.6 Å². The van der Waals surface area contributed by atoms with Gasteiger partial charge in [0.2, 0.25) is 0 Å². The Morgan fingerprint density at radius 1 is 1.00 bits per heavy atom. The number of halogens is 1. The van der Waals surface area contributed by atoms with Crippen LogP contribution in [-0.2, 0) is 0 Å². The zero-order valence-electron chi connectivity index (χ0n) is 8.07. The fourth-order valence-electron chi connectivity index (χ4n) is 1.76. The monoisotopic (exact) mass is 176 g/mol. The van der Waals surface area contributed by atoms with Crippen molar-refractivity contribution in [1.82, 2.24) is 0 Å². The lowest BCUT2D eigenvalue weighted by atomic mass is 9.86. The molecule has 1 heteroatoms. The molecule has 0 bridgehead atoms. The van der Waals surface area contributed by atoms with Crippen molar-refractivity contribution in [3.05, 3.63) is 0 Å². The average Bonchev–Trinajstić information content (AvgIpc) is 2.05. The molecule has 0 nitrogen and oxygen atoms in total. The molecule has 0 rings (SSSR count). The normalized spacial score (nSPS) is 13.9. The third-order valence-electron chi connectivity index (χ3n) is 2.57. The van der Waals surface area contributed by atoms with Crippen LogP contribution < -0.4 is 0 Å². The van der Waals surface area contributed by atoms with Gasteiger partial charge < -0.3 is 0 Å². The van der Waals surface area contributed by atoms with E-state index in [1.807, 2.05) is 0 Å². The zero-order chi connectivity index (χ0) is 8.69. The molecule has 0 spiro atoms. The Labute approximate surface area is 76.3 Å². The van der Waals surface area contributed by atoms with Crippen molar-refractivity contribution < 1.29 is 0 Å². The van der Waals surface area contributed by atoms with Crippen LogP contribution in [0, 0.1) is 11.8 Å². The summed E-state index contributed by atoms with van der Waals surface area (Å²) in [6.07, 6.45) is 5.14. The Morgan fingerprint density at radius 3 is 1.82 bits per heavy atom. The molecule has 1 unspecified atom stereocenters. The van der Waals surface area contributed by atoms with Crippen LogP contribution in [0.15, 0.2) is 0 Å². The molecule has 11 heavy (non-hydrogen) atoms. The van der Waals surface area contributed by atoms with Crippen molar-refractivity contribution in [1.29, 1.82) is 0 Å². The second kappa shape index (κ2) is 6.97. The Kier molecular flexibility index (Phi) is 7.15. The first kappa shape index (κ1) is 11.3. The first-order valence-electron chi connectivity index (χ1n) is 4.85. The highest BCUT2D eigenvalue weighted by molar-refractivity contribution is 6.18. The van der Waals surface area contributed by atoms with E-state index in [1.165, 1.54) is 25.7 Å². The van der Waals surface area contributed by atoms with Gasteiger partial charge in [-0.25, -0.2) is 0 Å². The lowest BCUT2D eigenvalue weighted by Gasteiger charge is -2.22. The second-order valence-electron chi connectivity index (χ2n) is 3.28. The van der Waals surface area contributed by atoms with E-state index in [2.05, 4.69) is 20.8 Å². The van der Waals surface area contributed by atoms with Gasteiger partial charge in [0.05, 0.1) is 0 Å². The molecule has 0 heterocycles. The molecule has 0 aromatic carbocycles. The van der Waals surface area contributed by atoms with Gasteiger partial charge in [0.25, 0.3) is 0 Å². The summed E-state index contributed by atoms with van der Waals surface area (Å²) in [5.74, 6) is 2.46. The van der Waals surface area contributed by atoms with Crippen LogP contribution in [0.3, 0.4) is 0 Å². The lowest BCUT2D eigenvalue weighted by molar-refractivity contribution is 0.320. The van der Waals surface area contributed by atoms with Gasteiger partial charge >= 0.3 is 0 Å². The van der Waals surface area contributed by atoms with Gasteiger partial charge in [-0.1, -0.05) is 40.0 Å². The molecule has 0 aliphatic carbocycles. The van der Waals surface area contributed by atoms with Crippen LogP contribution in [0.1, 0.15) is 46.5 Å². The van der Waals surface area contributed by atoms with Crippen LogP contribution in [0.5, 0.6) is 0 Å². The molecule has 0 aromatic rings. The van der Waals surface area contributed by atoms with E-state index >= 15 is 0 Å². The van der Waals surface area contributed by atoms with Gasteiger partial charge in [-0.3, -0.25) is 0 Å². The van der Waals surface area contributed by atoms with Gasteiger partial charge in [0, 0.05) is 5.88 Å². The Balaban J connectivity index is 3.76. The molecular weight excluding hydrogens is 156 g/mol. The minimum atomic E-state index is 0.761. The number of hydrogen-bond donors (Lipinski definition) is 0. The van der Waals surface area contributed by atoms with Crippen LogP contribution in [0.2, 0.25) is 0 Å². The molecular formula is C10H21Cl. The largest absolute Gasteiger partial charge is 0.126 e. The van der Waals surface area contributed by atoms with Crippen molar-refractivity contribution in [3.63, 3.8) is 0 Å². The molecule has 0 saturated heterocycles. The highest BCUT2D eigenvalue weighted by Gasteiger charge is 2.15. The maximum Gasteiger partial charge on any atom is 0.0254 e. The van der Waals surface area contributed by atoms with Crippen LogP contribution in [0.25, 0.3) is 0 Å². The highest BCUT2D eigenvalue weighted by Crippen LogP contribution is 2.24. The molecule has 0 aliphatic heterocycles. The number of rotatable bonds is 6. The predicted molar refractivity (Wildman–Crippen MR) is 53.2 cm³/mol. The van der Waals surface area contributed by atoms with E-state index in [9.17, 15) is 0 Å². The summed E-state index contributed by atoms with van der Waals surface area (Å²) in [7, 11) is 0. The minimum absolute atomic E-state index is 0.761. The number of hydrogen-bond acceptors (Lipinski definition) is 0. The molecule has 0 saturated carbocycles. The summed E-state index contributed by atoms with van der Waals surface area (Å²) in [4.78, 5) is 0. The van der Waals surface area contributed by atoms with Crippen molar-refractivity contribution in [3.8, 4) is 0 Å². The fourth-order valence-corrected chi connectivity index (χ4v) is 2.17. The molecule has 0 aromatic heterocycles. The summed E-state index contributed by atoms with van der Waals surface area (Å²) in [6.45, 7) is 6.77. The molecule has 0 aliphatic rings. The average molecular weight is 177 g/mol. The topological polar surface area (TPSA) is 0 Å². The third-order valence-corrected chi connectivity index (χ3v) is 2.97. The molecule has 0 radical (unpaired) electrons. The third kappa shape index (κ3) is 4.00. The summed E-state index contributed by atoms with van der Waals surface area (Å²) in [6, 6.07) is 0. The Bertz CT molecular complexity index is 76.9. The van der Waals surface area contributed by atoms with Crippen molar-refractivity contribution >= 4 is 11.6 Å². The van der Waals surface area contributed by atoms with E-state index < -0.39 is 0 Å². The molecule has 0 amide bonds. The quantitative estimate of drug-likeness (QED) is 0.535.